The topological polar surface area (TPSA) is 65.9 Å². The molecule has 0 bridgehead atoms. The quantitative estimate of drug-likeness (QED) is 0.524. The molecule has 4 heteroatoms. The van der Waals surface area contributed by atoms with Crippen LogP contribution in [0, 0.1) is 0 Å². The zero-order chi connectivity index (χ0) is 5.98. The average Bonchev–Trinajstić information content (AvgIpc) is 1.77. The number of rotatable bonds is 0. The fourth-order valence-electron chi connectivity index (χ4n) is 0.309. The minimum Gasteiger partial charge on any atom is -0.505 e. The first-order chi connectivity index (χ1) is 3.79. The highest BCUT2D eigenvalue weighted by molar-refractivity contribution is 5.10. The maximum Gasteiger partial charge on any atom is 0.367 e. The molecule has 0 aliphatic heterocycles. The SMILES string of the molecule is [O]c1ncc(O)cn1. The van der Waals surface area contributed by atoms with Gasteiger partial charge in [-0.25, -0.2) is 5.11 Å². The minimum atomic E-state index is -0.581. The Morgan fingerprint density at radius 1 is 1.38 bits per heavy atom. The maximum absolute atomic E-state index is 10.1. The smallest absolute Gasteiger partial charge is 0.367 e. The molecule has 1 aromatic rings. The van der Waals surface area contributed by atoms with Crippen molar-refractivity contribution in [3.63, 3.8) is 0 Å². The zero-order valence-electron chi connectivity index (χ0n) is 3.90. The predicted octanol–water partition coefficient (Wildman–Crippen LogP) is 0.326. The Bertz CT molecular complexity index is 151. The van der Waals surface area contributed by atoms with Gasteiger partial charge < -0.3 is 5.11 Å². The van der Waals surface area contributed by atoms with Crippen LogP contribution in [0.3, 0.4) is 0 Å². The van der Waals surface area contributed by atoms with Gasteiger partial charge in [-0.15, -0.1) is 0 Å². The molecule has 4 nitrogen and oxygen atoms in total. The van der Waals surface area contributed by atoms with E-state index in [0.717, 1.165) is 12.4 Å². The van der Waals surface area contributed by atoms with Crippen molar-refractivity contribution in [3.8, 4) is 11.8 Å². The van der Waals surface area contributed by atoms with Crippen molar-refractivity contribution >= 4 is 0 Å². The van der Waals surface area contributed by atoms with Gasteiger partial charge in [0.25, 0.3) is 0 Å². The van der Waals surface area contributed by atoms with Gasteiger partial charge >= 0.3 is 6.01 Å². The Morgan fingerprint density at radius 2 is 1.88 bits per heavy atom. The Kier molecular flexibility index (Phi) is 0.997. The lowest BCUT2D eigenvalue weighted by Gasteiger charge is -1.84. The molecule has 0 saturated carbocycles. The van der Waals surface area contributed by atoms with Gasteiger partial charge in [0.1, 0.15) is 0 Å². The summed E-state index contributed by atoms with van der Waals surface area (Å²) in [4.78, 5) is 6.32. The van der Waals surface area contributed by atoms with Crippen LogP contribution in [0.15, 0.2) is 12.4 Å². The molecule has 0 aliphatic carbocycles. The van der Waals surface area contributed by atoms with Crippen LogP contribution in [0.2, 0.25) is 0 Å². The highest BCUT2D eigenvalue weighted by atomic mass is 16.3. The van der Waals surface area contributed by atoms with Crippen molar-refractivity contribution in [2.45, 2.75) is 0 Å². The van der Waals surface area contributed by atoms with E-state index in [9.17, 15) is 5.11 Å². The lowest BCUT2D eigenvalue weighted by atomic mass is 10.6. The van der Waals surface area contributed by atoms with Crippen molar-refractivity contribution in [2.75, 3.05) is 0 Å². The lowest BCUT2D eigenvalue weighted by Crippen LogP contribution is -1.74. The molecule has 1 N–H and O–H groups in total. The van der Waals surface area contributed by atoms with Gasteiger partial charge in [0.05, 0.1) is 12.4 Å². The van der Waals surface area contributed by atoms with Crippen LogP contribution in [0.4, 0.5) is 0 Å². The minimum absolute atomic E-state index is 0.0930. The second kappa shape index (κ2) is 1.65. The Hall–Kier alpha value is -1.32. The second-order valence-corrected chi connectivity index (χ2v) is 1.22. The van der Waals surface area contributed by atoms with Gasteiger partial charge in [-0.1, -0.05) is 0 Å². The van der Waals surface area contributed by atoms with Crippen LogP contribution in [0.5, 0.6) is 11.8 Å². The molecule has 0 amide bonds. The van der Waals surface area contributed by atoms with E-state index in [1.807, 2.05) is 0 Å². The summed E-state index contributed by atoms with van der Waals surface area (Å²) in [5.41, 5.74) is 0. The van der Waals surface area contributed by atoms with E-state index < -0.39 is 6.01 Å². The molecular weight excluding hydrogens is 108 g/mol. The highest BCUT2D eigenvalue weighted by Crippen LogP contribution is 2.04. The summed E-state index contributed by atoms with van der Waals surface area (Å²) in [6, 6.07) is -0.581. The third-order valence-corrected chi connectivity index (χ3v) is 0.615. The van der Waals surface area contributed by atoms with Gasteiger partial charge in [-0.05, 0) is 0 Å². The Balaban J connectivity index is 3.03. The van der Waals surface area contributed by atoms with Gasteiger partial charge in [0.15, 0.2) is 5.75 Å². The van der Waals surface area contributed by atoms with Crippen molar-refractivity contribution in [3.05, 3.63) is 12.4 Å². The van der Waals surface area contributed by atoms with E-state index in [1.165, 1.54) is 0 Å². The lowest BCUT2D eigenvalue weighted by molar-refractivity contribution is 0.316. The Morgan fingerprint density at radius 3 is 2.25 bits per heavy atom. The third-order valence-electron chi connectivity index (χ3n) is 0.615. The fraction of sp³-hybridized carbons (Fsp3) is 0. The molecule has 0 spiro atoms. The van der Waals surface area contributed by atoms with E-state index in [0.29, 0.717) is 0 Å². The van der Waals surface area contributed by atoms with E-state index in [4.69, 9.17) is 5.11 Å². The van der Waals surface area contributed by atoms with Gasteiger partial charge in [-0.3, -0.25) is 0 Å². The molecule has 0 unspecified atom stereocenters. The van der Waals surface area contributed by atoms with Crippen LogP contribution in [-0.4, -0.2) is 15.1 Å². The Labute approximate surface area is 45.5 Å². The third kappa shape index (κ3) is 0.841. The van der Waals surface area contributed by atoms with Crippen LogP contribution >= 0.6 is 0 Å². The van der Waals surface area contributed by atoms with Crippen molar-refractivity contribution in [2.24, 2.45) is 0 Å². The monoisotopic (exact) mass is 111 g/mol. The predicted molar refractivity (Wildman–Crippen MR) is 23.8 cm³/mol. The molecule has 8 heavy (non-hydrogen) atoms. The van der Waals surface area contributed by atoms with Gasteiger partial charge in [-0.2, -0.15) is 9.97 Å². The summed E-state index contributed by atoms with van der Waals surface area (Å²) >= 11 is 0. The van der Waals surface area contributed by atoms with Gasteiger partial charge in [0, 0.05) is 0 Å². The molecule has 0 aromatic carbocycles. The average molecular weight is 111 g/mol. The highest BCUT2D eigenvalue weighted by Gasteiger charge is 1.90. The van der Waals surface area contributed by atoms with Crippen LogP contribution in [0.1, 0.15) is 0 Å². The first-order valence-electron chi connectivity index (χ1n) is 1.97. The molecule has 1 aromatic heterocycles. The molecule has 0 atom stereocenters. The van der Waals surface area contributed by atoms with Crippen molar-refractivity contribution in [1.29, 1.82) is 0 Å². The molecule has 1 rings (SSSR count). The first kappa shape index (κ1) is 4.83. The number of aromatic nitrogens is 2. The van der Waals surface area contributed by atoms with Crippen LogP contribution in [0.25, 0.3) is 0 Å². The van der Waals surface area contributed by atoms with Crippen molar-refractivity contribution in [1.82, 2.24) is 9.97 Å². The zero-order valence-corrected chi connectivity index (χ0v) is 3.90. The number of aromatic hydroxyl groups is 1. The van der Waals surface area contributed by atoms with Crippen LogP contribution < -0.4 is 0 Å². The summed E-state index contributed by atoms with van der Waals surface area (Å²) in [7, 11) is 0. The standard InChI is InChI=1S/C4H3N2O2/c7-3-1-5-4(8)6-2-3/h1-2,7H. The first-order valence-corrected chi connectivity index (χ1v) is 1.97. The number of hydrogen-bond donors (Lipinski definition) is 1. The molecule has 1 heterocycles. The summed E-state index contributed by atoms with van der Waals surface area (Å²) in [5.74, 6) is -0.0930. The van der Waals surface area contributed by atoms with E-state index in [-0.39, 0.29) is 5.75 Å². The summed E-state index contributed by atoms with van der Waals surface area (Å²) < 4.78 is 0. The number of nitrogens with zero attached hydrogens (tertiary/aromatic N) is 2. The van der Waals surface area contributed by atoms with E-state index in [2.05, 4.69) is 9.97 Å². The largest absolute Gasteiger partial charge is 0.505 e. The molecular formula is C4H3N2O2. The molecule has 0 saturated heterocycles. The summed E-state index contributed by atoms with van der Waals surface area (Å²) in [6.07, 6.45) is 2.10. The van der Waals surface area contributed by atoms with Crippen molar-refractivity contribution < 1.29 is 10.2 Å². The number of hydrogen-bond acceptors (Lipinski definition) is 3. The van der Waals surface area contributed by atoms with E-state index >= 15 is 0 Å². The summed E-state index contributed by atoms with van der Waals surface area (Å²) in [5, 5.41) is 18.6. The van der Waals surface area contributed by atoms with E-state index in [1.54, 1.807) is 0 Å². The maximum atomic E-state index is 10.1. The molecule has 0 aliphatic rings. The fourth-order valence-corrected chi connectivity index (χ4v) is 0.309. The summed E-state index contributed by atoms with van der Waals surface area (Å²) in [6.45, 7) is 0. The second-order valence-electron chi connectivity index (χ2n) is 1.22. The molecule has 0 fully saturated rings. The van der Waals surface area contributed by atoms with Crippen LogP contribution in [-0.2, 0) is 5.11 Å². The molecule has 1 radical (unpaired) electrons. The van der Waals surface area contributed by atoms with Gasteiger partial charge in [0.2, 0.25) is 0 Å². The normalized spacial score (nSPS) is 9.00. The molecule has 41 valence electrons.